The maximum atomic E-state index is 13.3. The first-order valence-corrected chi connectivity index (χ1v) is 7.86. The van der Waals surface area contributed by atoms with Crippen molar-refractivity contribution >= 4 is 21.6 Å². The van der Waals surface area contributed by atoms with Gasteiger partial charge in [0.05, 0.1) is 16.3 Å². The van der Waals surface area contributed by atoms with Crippen LogP contribution >= 0.6 is 11.3 Å². The number of nitrogens with zero attached hydrogens (tertiary/aromatic N) is 2. The van der Waals surface area contributed by atoms with Gasteiger partial charge in [-0.2, -0.15) is 0 Å². The molecule has 3 aromatic rings. The van der Waals surface area contributed by atoms with Crippen molar-refractivity contribution in [2.24, 2.45) is 0 Å². The summed E-state index contributed by atoms with van der Waals surface area (Å²) in [5.41, 5.74) is 1.74. The smallest absolute Gasteiger partial charge is 0.159 e. The zero-order valence-corrected chi connectivity index (χ0v) is 13.2. The van der Waals surface area contributed by atoms with E-state index in [0.29, 0.717) is 6.54 Å². The van der Waals surface area contributed by atoms with E-state index >= 15 is 0 Å². The second-order valence-corrected chi connectivity index (χ2v) is 6.42. The van der Waals surface area contributed by atoms with Crippen molar-refractivity contribution in [3.63, 3.8) is 0 Å². The quantitative estimate of drug-likeness (QED) is 0.689. The van der Waals surface area contributed by atoms with E-state index in [1.165, 1.54) is 12.1 Å². The molecule has 0 fully saturated rings. The van der Waals surface area contributed by atoms with Gasteiger partial charge in [-0.1, -0.05) is 18.2 Å². The fraction of sp³-hybridized carbons (Fsp3) is 0.235. The maximum Gasteiger partial charge on any atom is 0.159 e. The van der Waals surface area contributed by atoms with Gasteiger partial charge in [-0.3, -0.25) is 4.90 Å². The molecule has 22 heavy (non-hydrogen) atoms. The molecule has 3 rings (SSSR count). The Bertz CT molecular complexity index is 767. The third kappa shape index (κ3) is 3.00. The minimum atomic E-state index is -0.814. The average Bonchev–Trinajstić information content (AvgIpc) is 2.94. The molecular formula is C17H16F2N2S. The lowest BCUT2D eigenvalue weighted by Crippen LogP contribution is -2.21. The van der Waals surface area contributed by atoms with Crippen molar-refractivity contribution in [1.29, 1.82) is 0 Å². The molecule has 0 amide bonds. The van der Waals surface area contributed by atoms with Crippen LogP contribution in [0.1, 0.15) is 23.5 Å². The zero-order valence-electron chi connectivity index (χ0n) is 12.4. The third-order valence-corrected chi connectivity index (χ3v) is 4.95. The van der Waals surface area contributed by atoms with E-state index in [2.05, 4.69) is 22.9 Å². The Labute approximate surface area is 132 Å². The van der Waals surface area contributed by atoms with E-state index in [4.69, 9.17) is 0 Å². The van der Waals surface area contributed by atoms with Gasteiger partial charge in [0.1, 0.15) is 5.01 Å². The highest BCUT2D eigenvalue weighted by Gasteiger charge is 2.17. The van der Waals surface area contributed by atoms with E-state index < -0.39 is 11.6 Å². The molecule has 0 N–H and O–H groups in total. The van der Waals surface area contributed by atoms with Crippen LogP contribution in [0.5, 0.6) is 0 Å². The van der Waals surface area contributed by atoms with Crippen LogP contribution in [-0.4, -0.2) is 16.9 Å². The number of thiazole rings is 1. The lowest BCUT2D eigenvalue weighted by Gasteiger charge is -2.23. The predicted octanol–water partition coefficient (Wildman–Crippen LogP) is 4.77. The second-order valence-electron chi connectivity index (χ2n) is 5.36. The molecule has 0 aliphatic rings. The minimum Gasteiger partial charge on any atom is -0.293 e. The summed E-state index contributed by atoms with van der Waals surface area (Å²) in [6, 6.07) is 12.2. The molecule has 114 valence electrons. The fourth-order valence-electron chi connectivity index (χ4n) is 2.32. The van der Waals surface area contributed by atoms with E-state index in [1.54, 1.807) is 17.4 Å². The van der Waals surface area contributed by atoms with Gasteiger partial charge >= 0.3 is 0 Å². The standard InChI is InChI=1S/C17H16F2N2S/c1-11(17-20-15-5-3-4-6-16(15)22-17)21(2)10-12-7-8-13(18)14(19)9-12/h3-9,11H,10H2,1-2H3. The average molecular weight is 318 g/mol. The summed E-state index contributed by atoms with van der Waals surface area (Å²) in [6.07, 6.45) is 0. The Balaban J connectivity index is 1.78. The highest BCUT2D eigenvalue weighted by Crippen LogP contribution is 2.29. The van der Waals surface area contributed by atoms with Crippen molar-refractivity contribution in [3.05, 3.63) is 64.7 Å². The summed E-state index contributed by atoms with van der Waals surface area (Å²) in [6.45, 7) is 2.60. The van der Waals surface area contributed by atoms with Crippen LogP contribution < -0.4 is 0 Å². The molecule has 0 spiro atoms. The SMILES string of the molecule is CC(c1nc2ccccc2s1)N(C)Cc1ccc(F)c(F)c1. The molecule has 1 heterocycles. The molecule has 0 bridgehead atoms. The Kier molecular flexibility index (Phi) is 4.18. The van der Waals surface area contributed by atoms with Crippen molar-refractivity contribution in [2.45, 2.75) is 19.5 Å². The molecule has 2 nitrogen and oxygen atoms in total. The number of para-hydroxylation sites is 1. The number of hydrogen-bond acceptors (Lipinski definition) is 3. The van der Waals surface area contributed by atoms with Gasteiger partial charge < -0.3 is 0 Å². The van der Waals surface area contributed by atoms with Gasteiger partial charge in [-0.05, 0) is 43.8 Å². The van der Waals surface area contributed by atoms with Gasteiger partial charge in [0.15, 0.2) is 11.6 Å². The molecule has 0 saturated heterocycles. The Morgan fingerprint density at radius 1 is 1.14 bits per heavy atom. The second kappa shape index (κ2) is 6.10. The number of halogens is 2. The number of benzene rings is 2. The van der Waals surface area contributed by atoms with Gasteiger partial charge in [-0.15, -0.1) is 11.3 Å². The van der Waals surface area contributed by atoms with Crippen molar-refractivity contribution in [2.75, 3.05) is 7.05 Å². The molecular weight excluding hydrogens is 302 g/mol. The van der Waals surface area contributed by atoms with Crippen LogP contribution in [0.25, 0.3) is 10.2 Å². The number of fused-ring (bicyclic) bond motifs is 1. The van der Waals surface area contributed by atoms with E-state index in [0.717, 1.165) is 20.8 Å². The monoisotopic (exact) mass is 318 g/mol. The molecule has 2 aromatic carbocycles. The third-order valence-electron chi connectivity index (χ3n) is 3.74. The van der Waals surface area contributed by atoms with Gasteiger partial charge in [0, 0.05) is 6.54 Å². The topological polar surface area (TPSA) is 16.1 Å². The number of aromatic nitrogens is 1. The Morgan fingerprint density at radius 2 is 1.91 bits per heavy atom. The van der Waals surface area contributed by atoms with E-state index in [-0.39, 0.29) is 6.04 Å². The van der Waals surface area contributed by atoms with Crippen LogP contribution in [0.4, 0.5) is 8.78 Å². The molecule has 0 aliphatic heterocycles. The minimum absolute atomic E-state index is 0.102. The summed E-state index contributed by atoms with van der Waals surface area (Å²) in [7, 11) is 1.96. The predicted molar refractivity (Wildman–Crippen MR) is 85.9 cm³/mol. The normalized spacial score (nSPS) is 13.0. The maximum absolute atomic E-state index is 13.3. The first kappa shape index (κ1) is 15.1. The van der Waals surface area contributed by atoms with Crippen LogP contribution in [0.3, 0.4) is 0 Å². The molecule has 0 aliphatic carbocycles. The van der Waals surface area contributed by atoms with Crippen LogP contribution in [-0.2, 0) is 6.54 Å². The first-order chi connectivity index (χ1) is 10.5. The van der Waals surface area contributed by atoms with E-state index in [1.807, 2.05) is 25.2 Å². The number of hydrogen-bond donors (Lipinski definition) is 0. The summed E-state index contributed by atoms with van der Waals surface area (Å²) in [5, 5.41) is 1.02. The van der Waals surface area contributed by atoms with Gasteiger partial charge in [-0.25, -0.2) is 13.8 Å². The summed E-state index contributed by atoms with van der Waals surface area (Å²) >= 11 is 1.66. The van der Waals surface area contributed by atoms with E-state index in [9.17, 15) is 8.78 Å². The largest absolute Gasteiger partial charge is 0.293 e. The van der Waals surface area contributed by atoms with Gasteiger partial charge in [0.25, 0.3) is 0 Å². The van der Waals surface area contributed by atoms with Crippen molar-refractivity contribution in [3.8, 4) is 0 Å². The summed E-state index contributed by atoms with van der Waals surface area (Å²) < 4.78 is 27.4. The van der Waals surface area contributed by atoms with Crippen LogP contribution in [0.2, 0.25) is 0 Å². The summed E-state index contributed by atoms with van der Waals surface area (Å²) in [5.74, 6) is -1.62. The van der Waals surface area contributed by atoms with Gasteiger partial charge in [0.2, 0.25) is 0 Å². The molecule has 5 heteroatoms. The lowest BCUT2D eigenvalue weighted by molar-refractivity contribution is 0.252. The van der Waals surface area contributed by atoms with Crippen molar-refractivity contribution < 1.29 is 8.78 Å². The van der Waals surface area contributed by atoms with Crippen LogP contribution in [0.15, 0.2) is 42.5 Å². The highest BCUT2D eigenvalue weighted by atomic mass is 32.1. The Hall–Kier alpha value is -1.85. The molecule has 1 unspecified atom stereocenters. The van der Waals surface area contributed by atoms with Crippen LogP contribution in [0, 0.1) is 11.6 Å². The molecule has 0 saturated carbocycles. The zero-order chi connectivity index (χ0) is 15.7. The molecule has 0 radical (unpaired) electrons. The Morgan fingerprint density at radius 3 is 2.64 bits per heavy atom. The lowest BCUT2D eigenvalue weighted by atomic mass is 10.2. The number of rotatable bonds is 4. The first-order valence-electron chi connectivity index (χ1n) is 7.04. The highest BCUT2D eigenvalue weighted by molar-refractivity contribution is 7.18. The summed E-state index contributed by atoms with van der Waals surface area (Å²) in [4.78, 5) is 6.72. The fourth-order valence-corrected chi connectivity index (χ4v) is 3.40. The molecule has 1 atom stereocenters. The molecule has 1 aromatic heterocycles. The van der Waals surface area contributed by atoms with Crippen molar-refractivity contribution in [1.82, 2.24) is 9.88 Å².